The van der Waals surface area contributed by atoms with Crippen LogP contribution in [0.25, 0.3) is 0 Å². The first kappa shape index (κ1) is 16.5. The SMILES string of the molecule is CCNCc1n[nH]c(C)c1S(=O)(=O)NCC1CCC(C)C1. The van der Waals surface area contributed by atoms with Crippen molar-refractivity contribution in [2.24, 2.45) is 11.8 Å². The molecule has 1 saturated carbocycles. The van der Waals surface area contributed by atoms with Crippen LogP contribution in [-0.2, 0) is 16.6 Å². The van der Waals surface area contributed by atoms with Gasteiger partial charge in [0.15, 0.2) is 0 Å². The molecule has 0 aliphatic heterocycles. The van der Waals surface area contributed by atoms with Crippen molar-refractivity contribution < 1.29 is 8.42 Å². The van der Waals surface area contributed by atoms with Crippen LogP contribution >= 0.6 is 0 Å². The number of sulfonamides is 1. The van der Waals surface area contributed by atoms with Gasteiger partial charge in [0.25, 0.3) is 0 Å². The summed E-state index contributed by atoms with van der Waals surface area (Å²) in [6, 6.07) is 0. The average molecular weight is 314 g/mol. The highest BCUT2D eigenvalue weighted by molar-refractivity contribution is 7.89. The summed E-state index contributed by atoms with van der Waals surface area (Å²) in [5, 5.41) is 10.0. The minimum atomic E-state index is -3.50. The fraction of sp³-hybridized carbons (Fsp3) is 0.786. The Bertz CT molecular complexity index is 568. The molecule has 1 aliphatic carbocycles. The van der Waals surface area contributed by atoms with Crippen molar-refractivity contribution in [1.82, 2.24) is 20.2 Å². The van der Waals surface area contributed by atoms with Gasteiger partial charge in [-0.15, -0.1) is 0 Å². The summed E-state index contributed by atoms with van der Waals surface area (Å²) >= 11 is 0. The van der Waals surface area contributed by atoms with Crippen molar-refractivity contribution in [2.45, 2.75) is 51.5 Å². The highest BCUT2D eigenvalue weighted by atomic mass is 32.2. The first-order valence-corrected chi connectivity index (χ1v) is 9.16. The molecule has 0 bridgehead atoms. The van der Waals surface area contributed by atoms with Crippen LogP contribution in [0.1, 0.15) is 44.5 Å². The number of H-pyrrole nitrogens is 1. The average Bonchev–Trinajstić information content (AvgIpc) is 3.00. The van der Waals surface area contributed by atoms with Gasteiger partial charge in [-0.05, 0) is 38.1 Å². The monoisotopic (exact) mass is 314 g/mol. The predicted molar refractivity (Wildman–Crippen MR) is 82.4 cm³/mol. The molecule has 21 heavy (non-hydrogen) atoms. The Morgan fingerprint density at radius 1 is 1.38 bits per heavy atom. The zero-order valence-electron chi connectivity index (χ0n) is 13.1. The third kappa shape index (κ3) is 4.05. The summed E-state index contributed by atoms with van der Waals surface area (Å²) < 4.78 is 27.8. The molecule has 1 heterocycles. The van der Waals surface area contributed by atoms with E-state index in [9.17, 15) is 8.42 Å². The maximum Gasteiger partial charge on any atom is 0.244 e. The van der Waals surface area contributed by atoms with E-state index in [1.807, 2.05) is 6.92 Å². The Labute approximate surface area is 127 Å². The van der Waals surface area contributed by atoms with Crippen molar-refractivity contribution in [1.29, 1.82) is 0 Å². The lowest BCUT2D eigenvalue weighted by atomic mass is 10.1. The van der Waals surface area contributed by atoms with Crippen LogP contribution in [0.3, 0.4) is 0 Å². The van der Waals surface area contributed by atoms with Gasteiger partial charge >= 0.3 is 0 Å². The van der Waals surface area contributed by atoms with E-state index in [0.717, 1.165) is 19.4 Å². The number of hydrogen-bond acceptors (Lipinski definition) is 4. The molecule has 2 unspecified atom stereocenters. The normalized spacial score (nSPS) is 22.8. The minimum Gasteiger partial charge on any atom is -0.311 e. The smallest absolute Gasteiger partial charge is 0.244 e. The van der Waals surface area contributed by atoms with Gasteiger partial charge in [-0.1, -0.05) is 20.3 Å². The lowest BCUT2D eigenvalue weighted by Gasteiger charge is -2.12. The molecule has 0 saturated heterocycles. The Morgan fingerprint density at radius 3 is 2.76 bits per heavy atom. The molecule has 0 aromatic carbocycles. The van der Waals surface area contributed by atoms with Crippen molar-refractivity contribution in [3.05, 3.63) is 11.4 Å². The molecule has 7 heteroatoms. The minimum absolute atomic E-state index is 0.300. The largest absolute Gasteiger partial charge is 0.311 e. The second kappa shape index (κ2) is 6.89. The number of aromatic amines is 1. The molecule has 1 aliphatic rings. The molecule has 120 valence electrons. The number of nitrogens with zero attached hydrogens (tertiary/aromatic N) is 1. The van der Waals surface area contributed by atoms with Crippen LogP contribution in [0.5, 0.6) is 0 Å². The summed E-state index contributed by atoms with van der Waals surface area (Å²) in [4.78, 5) is 0.300. The fourth-order valence-electron chi connectivity index (χ4n) is 3.00. The molecule has 3 N–H and O–H groups in total. The van der Waals surface area contributed by atoms with Gasteiger partial charge in [0.1, 0.15) is 4.90 Å². The molecule has 1 aromatic heterocycles. The third-order valence-electron chi connectivity index (χ3n) is 4.14. The maximum atomic E-state index is 12.5. The topological polar surface area (TPSA) is 86.9 Å². The quantitative estimate of drug-likeness (QED) is 0.712. The molecular weight excluding hydrogens is 288 g/mol. The van der Waals surface area contributed by atoms with Gasteiger partial charge in [0.05, 0.1) is 11.4 Å². The molecule has 0 spiro atoms. The predicted octanol–water partition coefficient (Wildman–Crippen LogP) is 1.54. The summed E-state index contributed by atoms with van der Waals surface area (Å²) in [6.45, 7) is 7.71. The maximum absolute atomic E-state index is 12.5. The van der Waals surface area contributed by atoms with Gasteiger partial charge in [-0.3, -0.25) is 5.10 Å². The van der Waals surface area contributed by atoms with Crippen molar-refractivity contribution >= 4 is 10.0 Å². The molecule has 1 aromatic rings. The van der Waals surface area contributed by atoms with Gasteiger partial charge < -0.3 is 5.32 Å². The lowest BCUT2D eigenvalue weighted by molar-refractivity contribution is 0.498. The van der Waals surface area contributed by atoms with E-state index in [1.54, 1.807) is 6.92 Å². The molecule has 0 amide bonds. The van der Waals surface area contributed by atoms with E-state index < -0.39 is 10.0 Å². The standard InChI is InChI=1S/C14H26N4O2S/c1-4-15-9-13-14(11(3)17-18-13)21(19,20)16-8-12-6-5-10(2)7-12/h10,12,15-16H,4-9H2,1-3H3,(H,17,18). The Hall–Kier alpha value is -0.920. The number of aromatic nitrogens is 2. The number of rotatable bonds is 7. The zero-order chi connectivity index (χ0) is 15.5. The van der Waals surface area contributed by atoms with E-state index in [2.05, 4.69) is 27.2 Å². The zero-order valence-corrected chi connectivity index (χ0v) is 13.9. The van der Waals surface area contributed by atoms with E-state index in [-0.39, 0.29) is 0 Å². The highest BCUT2D eigenvalue weighted by Gasteiger charge is 2.27. The second-order valence-electron chi connectivity index (χ2n) is 6.04. The van der Waals surface area contributed by atoms with E-state index >= 15 is 0 Å². The third-order valence-corrected chi connectivity index (χ3v) is 5.76. The van der Waals surface area contributed by atoms with Gasteiger partial charge in [0, 0.05) is 13.1 Å². The Balaban J connectivity index is 2.06. The van der Waals surface area contributed by atoms with Gasteiger partial charge in [-0.25, -0.2) is 13.1 Å². The van der Waals surface area contributed by atoms with Crippen molar-refractivity contribution in [3.63, 3.8) is 0 Å². The van der Waals surface area contributed by atoms with Crippen LogP contribution in [-0.4, -0.2) is 31.7 Å². The van der Waals surface area contributed by atoms with Gasteiger partial charge in [-0.2, -0.15) is 5.10 Å². The van der Waals surface area contributed by atoms with E-state index in [4.69, 9.17) is 0 Å². The first-order valence-electron chi connectivity index (χ1n) is 7.68. The highest BCUT2D eigenvalue weighted by Crippen LogP contribution is 2.30. The van der Waals surface area contributed by atoms with Gasteiger partial charge in [0.2, 0.25) is 10.0 Å². The summed E-state index contributed by atoms with van der Waals surface area (Å²) in [7, 11) is -3.50. The van der Waals surface area contributed by atoms with E-state index in [1.165, 1.54) is 6.42 Å². The summed E-state index contributed by atoms with van der Waals surface area (Å²) in [6.07, 6.45) is 3.41. The molecular formula is C14H26N4O2S. The van der Waals surface area contributed by atoms with Crippen molar-refractivity contribution in [2.75, 3.05) is 13.1 Å². The lowest BCUT2D eigenvalue weighted by Crippen LogP contribution is -2.30. The Kier molecular flexibility index (Phi) is 5.40. The molecule has 2 atom stereocenters. The first-order chi connectivity index (χ1) is 9.94. The van der Waals surface area contributed by atoms with Crippen molar-refractivity contribution in [3.8, 4) is 0 Å². The van der Waals surface area contributed by atoms with Crippen LogP contribution in [0, 0.1) is 18.8 Å². The number of aryl methyl sites for hydroxylation is 1. The van der Waals surface area contributed by atoms with Crippen LogP contribution in [0.4, 0.5) is 0 Å². The summed E-state index contributed by atoms with van der Waals surface area (Å²) in [5.74, 6) is 1.17. The molecule has 0 radical (unpaired) electrons. The van der Waals surface area contributed by atoms with Crippen LogP contribution < -0.4 is 10.0 Å². The number of hydrogen-bond donors (Lipinski definition) is 3. The number of nitrogens with one attached hydrogen (secondary N) is 3. The second-order valence-corrected chi connectivity index (χ2v) is 7.74. The molecule has 2 rings (SSSR count). The Morgan fingerprint density at radius 2 is 2.14 bits per heavy atom. The molecule has 1 fully saturated rings. The van der Waals surface area contributed by atoms with Crippen LogP contribution in [0.2, 0.25) is 0 Å². The molecule has 6 nitrogen and oxygen atoms in total. The van der Waals surface area contributed by atoms with Crippen LogP contribution in [0.15, 0.2) is 4.90 Å². The van der Waals surface area contributed by atoms with E-state index in [0.29, 0.717) is 41.2 Å². The summed E-state index contributed by atoms with van der Waals surface area (Å²) in [5.41, 5.74) is 1.15. The fourth-order valence-corrected chi connectivity index (χ4v) is 4.48.